The molecule has 94 valence electrons. The first-order valence-corrected chi connectivity index (χ1v) is 7.60. The van der Waals surface area contributed by atoms with Crippen molar-refractivity contribution in [1.82, 2.24) is 5.32 Å². The minimum atomic E-state index is 0.314. The first kappa shape index (κ1) is 13.1. The number of thioether (sulfide) groups is 1. The van der Waals surface area contributed by atoms with Crippen molar-refractivity contribution in [3.05, 3.63) is 22.2 Å². The van der Waals surface area contributed by atoms with Crippen LogP contribution in [-0.4, -0.2) is 24.8 Å². The minimum Gasteiger partial charge on any atom is -0.454 e. The van der Waals surface area contributed by atoms with Gasteiger partial charge in [0.25, 0.3) is 0 Å². The number of nitrogens with one attached hydrogen (secondary N) is 1. The number of benzene rings is 1. The largest absolute Gasteiger partial charge is 0.454 e. The van der Waals surface area contributed by atoms with Crippen LogP contribution in [0.1, 0.15) is 12.5 Å². The Morgan fingerprint density at radius 3 is 3.06 bits per heavy atom. The van der Waals surface area contributed by atoms with Gasteiger partial charge in [0.05, 0.1) is 4.47 Å². The van der Waals surface area contributed by atoms with Gasteiger partial charge in [-0.05, 0) is 39.9 Å². The summed E-state index contributed by atoms with van der Waals surface area (Å²) in [5, 5.41) is 4.06. The van der Waals surface area contributed by atoms with Gasteiger partial charge in [-0.3, -0.25) is 0 Å². The van der Waals surface area contributed by atoms with Crippen molar-refractivity contribution in [2.45, 2.75) is 18.7 Å². The molecule has 0 spiro atoms. The average Bonchev–Trinajstić information content (AvgIpc) is 2.77. The lowest BCUT2D eigenvalue weighted by molar-refractivity contribution is 0.173. The topological polar surface area (TPSA) is 30.5 Å². The molecule has 2 rings (SSSR count). The van der Waals surface area contributed by atoms with E-state index in [1.165, 1.54) is 5.56 Å². The summed E-state index contributed by atoms with van der Waals surface area (Å²) >= 11 is 5.36. The highest BCUT2D eigenvalue weighted by molar-refractivity contribution is 9.10. The maximum absolute atomic E-state index is 5.38. The SMILES string of the molecule is CSC(C)CNCc1cc(Br)c2c(c1)OCO2. The van der Waals surface area contributed by atoms with Crippen molar-refractivity contribution in [3.63, 3.8) is 0 Å². The van der Waals surface area contributed by atoms with Gasteiger partial charge in [-0.25, -0.2) is 0 Å². The standard InChI is InChI=1S/C12H16BrNO2S/c1-8(17-2)5-14-6-9-3-10(13)12-11(4-9)15-7-16-12/h3-4,8,14H,5-7H2,1-2H3. The summed E-state index contributed by atoms with van der Waals surface area (Å²) in [6.45, 7) is 4.38. The van der Waals surface area contributed by atoms with Gasteiger partial charge >= 0.3 is 0 Å². The molecule has 0 amide bonds. The number of fused-ring (bicyclic) bond motifs is 1. The third kappa shape index (κ3) is 3.30. The van der Waals surface area contributed by atoms with Crippen molar-refractivity contribution in [2.75, 3.05) is 19.6 Å². The Morgan fingerprint density at radius 1 is 1.47 bits per heavy atom. The Bertz CT molecular complexity index is 400. The predicted molar refractivity (Wildman–Crippen MR) is 74.9 cm³/mol. The van der Waals surface area contributed by atoms with Gasteiger partial charge in [0.2, 0.25) is 6.79 Å². The fourth-order valence-electron chi connectivity index (χ4n) is 1.63. The summed E-state index contributed by atoms with van der Waals surface area (Å²) in [7, 11) is 0. The molecular weight excluding hydrogens is 302 g/mol. The zero-order valence-electron chi connectivity index (χ0n) is 9.96. The Kier molecular flexibility index (Phi) is 4.59. The second kappa shape index (κ2) is 5.98. The van der Waals surface area contributed by atoms with E-state index in [4.69, 9.17) is 9.47 Å². The molecular formula is C12H16BrNO2S. The van der Waals surface area contributed by atoms with E-state index < -0.39 is 0 Å². The monoisotopic (exact) mass is 317 g/mol. The maximum atomic E-state index is 5.38. The molecule has 0 saturated carbocycles. The lowest BCUT2D eigenvalue weighted by Crippen LogP contribution is -2.21. The molecule has 1 aromatic carbocycles. The molecule has 0 radical (unpaired) electrons. The van der Waals surface area contributed by atoms with E-state index in [2.05, 4.69) is 40.5 Å². The number of hydrogen-bond donors (Lipinski definition) is 1. The van der Waals surface area contributed by atoms with E-state index in [1.54, 1.807) is 0 Å². The highest BCUT2D eigenvalue weighted by Crippen LogP contribution is 2.39. The van der Waals surface area contributed by atoms with Crippen LogP contribution in [0, 0.1) is 0 Å². The molecule has 1 N–H and O–H groups in total. The van der Waals surface area contributed by atoms with Gasteiger partial charge in [0.1, 0.15) is 0 Å². The second-order valence-electron chi connectivity index (χ2n) is 3.99. The van der Waals surface area contributed by atoms with E-state index >= 15 is 0 Å². The van der Waals surface area contributed by atoms with E-state index in [0.29, 0.717) is 12.0 Å². The quantitative estimate of drug-likeness (QED) is 0.904. The van der Waals surface area contributed by atoms with Crippen LogP contribution in [0.3, 0.4) is 0 Å². The second-order valence-corrected chi connectivity index (χ2v) is 6.12. The summed E-state index contributed by atoms with van der Waals surface area (Å²) in [5.41, 5.74) is 1.20. The summed E-state index contributed by atoms with van der Waals surface area (Å²) < 4.78 is 11.7. The zero-order valence-corrected chi connectivity index (χ0v) is 12.4. The van der Waals surface area contributed by atoms with Gasteiger partial charge in [0, 0.05) is 18.3 Å². The summed E-state index contributed by atoms with van der Waals surface area (Å²) in [6, 6.07) is 4.11. The van der Waals surface area contributed by atoms with Crippen LogP contribution < -0.4 is 14.8 Å². The molecule has 1 atom stereocenters. The van der Waals surface area contributed by atoms with Crippen LogP contribution in [0.25, 0.3) is 0 Å². The zero-order chi connectivity index (χ0) is 12.3. The van der Waals surface area contributed by atoms with E-state index in [1.807, 2.05) is 17.8 Å². The molecule has 1 aliphatic heterocycles. The number of ether oxygens (including phenoxy) is 2. The lowest BCUT2D eigenvalue weighted by atomic mass is 10.2. The summed E-state index contributed by atoms with van der Waals surface area (Å²) in [5.74, 6) is 1.64. The van der Waals surface area contributed by atoms with Crippen molar-refractivity contribution >= 4 is 27.7 Å². The molecule has 1 heterocycles. The molecule has 0 fully saturated rings. The third-order valence-electron chi connectivity index (χ3n) is 2.65. The Labute approximate surface area is 114 Å². The van der Waals surface area contributed by atoms with Crippen molar-refractivity contribution in [1.29, 1.82) is 0 Å². The summed E-state index contributed by atoms with van der Waals surface area (Å²) in [4.78, 5) is 0. The fraction of sp³-hybridized carbons (Fsp3) is 0.500. The molecule has 1 aliphatic rings. The molecule has 0 saturated heterocycles. The third-order valence-corrected chi connectivity index (χ3v) is 4.21. The van der Waals surface area contributed by atoms with Crippen LogP contribution in [0.15, 0.2) is 16.6 Å². The molecule has 5 heteroatoms. The van der Waals surface area contributed by atoms with Crippen molar-refractivity contribution in [3.8, 4) is 11.5 Å². The van der Waals surface area contributed by atoms with Crippen LogP contribution >= 0.6 is 27.7 Å². The normalized spacial score (nSPS) is 15.0. The van der Waals surface area contributed by atoms with Gasteiger partial charge < -0.3 is 14.8 Å². The van der Waals surface area contributed by atoms with Gasteiger partial charge in [-0.1, -0.05) is 6.92 Å². The van der Waals surface area contributed by atoms with Crippen LogP contribution in [0.4, 0.5) is 0 Å². The van der Waals surface area contributed by atoms with Crippen LogP contribution in [0.5, 0.6) is 11.5 Å². The first-order valence-electron chi connectivity index (χ1n) is 5.52. The van der Waals surface area contributed by atoms with Crippen molar-refractivity contribution < 1.29 is 9.47 Å². The molecule has 1 unspecified atom stereocenters. The Hall–Kier alpha value is -0.390. The Balaban J connectivity index is 1.96. The highest BCUT2D eigenvalue weighted by atomic mass is 79.9. The predicted octanol–water partition coefficient (Wildman–Crippen LogP) is 3.02. The lowest BCUT2D eigenvalue weighted by Gasteiger charge is -2.10. The average molecular weight is 318 g/mol. The van der Waals surface area contributed by atoms with E-state index in [0.717, 1.165) is 29.1 Å². The Morgan fingerprint density at radius 2 is 2.29 bits per heavy atom. The molecule has 17 heavy (non-hydrogen) atoms. The molecule has 0 aromatic heterocycles. The first-order chi connectivity index (χ1) is 8.20. The van der Waals surface area contributed by atoms with E-state index in [-0.39, 0.29) is 0 Å². The van der Waals surface area contributed by atoms with E-state index in [9.17, 15) is 0 Å². The minimum absolute atomic E-state index is 0.314. The fourth-order valence-corrected chi connectivity index (χ4v) is 2.51. The smallest absolute Gasteiger partial charge is 0.231 e. The maximum Gasteiger partial charge on any atom is 0.231 e. The van der Waals surface area contributed by atoms with Crippen molar-refractivity contribution in [2.24, 2.45) is 0 Å². The number of rotatable bonds is 5. The van der Waals surface area contributed by atoms with Gasteiger partial charge in [0.15, 0.2) is 11.5 Å². The van der Waals surface area contributed by atoms with Crippen LogP contribution in [0.2, 0.25) is 0 Å². The van der Waals surface area contributed by atoms with Gasteiger partial charge in [-0.2, -0.15) is 11.8 Å². The van der Waals surface area contributed by atoms with Crippen LogP contribution in [-0.2, 0) is 6.54 Å². The number of hydrogen-bond acceptors (Lipinski definition) is 4. The molecule has 0 aliphatic carbocycles. The highest BCUT2D eigenvalue weighted by Gasteiger charge is 2.17. The molecule has 3 nitrogen and oxygen atoms in total. The molecule has 1 aromatic rings. The number of halogens is 1. The molecule has 0 bridgehead atoms. The van der Waals surface area contributed by atoms with Gasteiger partial charge in [-0.15, -0.1) is 0 Å². The summed E-state index contributed by atoms with van der Waals surface area (Å²) in [6.07, 6.45) is 2.13.